The molecule has 0 fully saturated rings. The monoisotopic (exact) mass is 412 g/mol. The summed E-state index contributed by atoms with van der Waals surface area (Å²) in [5.41, 5.74) is 2.40. The first-order valence-corrected chi connectivity index (χ1v) is 10.2. The van der Waals surface area contributed by atoms with Crippen LogP contribution >= 0.6 is 23.1 Å². The van der Waals surface area contributed by atoms with Gasteiger partial charge >= 0.3 is 0 Å². The van der Waals surface area contributed by atoms with E-state index in [1.54, 1.807) is 11.6 Å². The van der Waals surface area contributed by atoms with Crippen molar-refractivity contribution in [3.8, 4) is 17.1 Å². The summed E-state index contributed by atoms with van der Waals surface area (Å²) >= 11 is 2.75. The average Bonchev–Trinajstić information content (AvgIpc) is 3.32. The molecule has 3 aromatic heterocycles. The lowest BCUT2D eigenvalue weighted by Gasteiger charge is -2.04. The number of thiazole rings is 1. The SMILES string of the molecule is COc1ccc(-c2nnc3ccc(SCC(=O)Nc4nc(C)cs4)nn23)cc1. The predicted molar refractivity (Wildman–Crippen MR) is 109 cm³/mol. The van der Waals surface area contributed by atoms with E-state index in [1.807, 2.05) is 48.7 Å². The Morgan fingerprint density at radius 3 is 2.75 bits per heavy atom. The van der Waals surface area contributed by atoms with Crippen LogP contribution in [0.5, 0.6) is 5.75 Å². The first-order chi connectivity index (χ1) is 13.6. The number of aryl methyl sites for hydroxylation is 1. The molecule has 0 spiro atoms. The third kappa shape index (κ3) is 3.97. The van der Waals surface area contributed by atoms with Crippen molar-refractivity contribution in [2.75, 3.05) is 18.2 Å². The summed E-state index contributed by atoms with van der Waals surface area (Å²) in [6, 6.07) is 11.2. The maximum absolute atomic E-state index is 12.1. The van der Waals surface area contributed by atoms with E-state index in [4.69, 9.17) is 4.74 Å². The Morgan fingerprint density at radius 2 is 2.04 bits per heavy atom. The Kier molecular flexibility index (Phi) is 5.22. The lowest BCUT2D eigenvalue weighted by atomic mass is 10.2. The summed E-state index contributed by atoms with van der Waals surface area (Å²) in [6.45, 7) is 1.89. The number of rotatable bonds is 6. The molecule has 1 N–H and O–H groups in total. The molecule has 1 aromatic carbocycles. The van der Waals surface area contributed by atoms with Crippen molar-refractivity contribution >= 4 is 39.8 Å². The summed E-state index contributed by atoms with van der Waals surface area (Å²) in [7, 11) is 1.62. The minimum atomic E-state index is -0.125. The molecule has 0 atom stereocenters. The van der Waals surface area contributed by atoms with E-state index in [0.717, 1.165) is 17.0 Å². The molecule has 10 heteroatoms. The molecule has 3 heterocycles. The van der Waals surface area contributed by atoms with Gasteiger partial charge in [0.05, 0.1) is 18.6 Å². The molecular formula is C18H16N6O2S2. The summed E-state index contributed by atoms with van der Waals surface area (Å²) in [6.07, 6.45) is 0. The number of carbonyl (C=O) groups excluding carboxylic acids is 1. The van der Waals surface area contributed by atoms with E-state index >= 15 is 0 Å². The fourth-order valence-corrected chi connectivity index (χ4v) is 3.83. The van der Waals surface area contributed by atoms with Crippen molar-refractivity contribution in [3.05, 3.63) is 47.5 Å². The zero-order chi connectivity index (χ0) is 19.5. The molecule has 4 aromatic rings. The highest BCUT2D eigenvalue weighted by atomic mass is 32.2. The molecule has 0 aliphatic heterocycles. The summed E-state index contributed by atoms with van der Waals surface area (Å²) < 4.78 is 6.86. The number of aromatic nitrogens is 5. The minimum Gasteiger partial charge on any atom is -0.497 e. The van der Waals surface area contributed by atoms with Crippen LogP contribution in [-0.4, -0.2) is 43.6 Å². The van der Waals surface area contributed by atoms with Gasteiger partial charge in [0.2, 0.25) is 5.91 Å². The zero-order valence-electron chi connectivity index (χ0n) is 15.1. The van der Waals surface area contributed by atoms with Crippen molar-refractivity contribution < 1.29 is 9.53 Å². The molecule has 4 rings (SSSR count). The molecule has 0 unspecified atom stereocenters. The van der Waals surface area contributed by atoms with Crippen LogP contribution in [-0.2, 0) is 4.79 Å². The molecule has 0 saturated carbocycles. The van der Waals surface area contributed by atoms with Gasteiger partial charge in [-0.2, -0.15) is 9.61 Å². The Bertz CT molecular complexity index is 1120. The smallest absolute Gasteiger partial charge is 0.236 e. The number of hydrogen-bond acceptors (Lipinski definition) is 8. The predicted octanol–water partition coefficient (Wildman–Crippen LogP) is 3.30. The summed E-state index contributed by atoms with van der Waals surface area (Å²) in [5, 5.41) is 18.9. The number of methoxy groups -OCH3 is 1. The molecular weight excluding hydrogens is 396 g/mol. The number of carbonyl (C=O) groups is 1. The molecule has 142 valence electrons. The van der Waals surface area contributed by atoms with Gasteiger partial charge in [0, 0.05) is 10.9 Å². The number of fused-ring (bicyclic) bond motifs is 1. The Hall–Kier alpha value is -2.98. The van der Waals surface area contributed by atoms with Crippen LogP contribution in [0.1, 0.15) is 5.69 Å². The molecule has 28 heavy (non-hydrogen) atoms. The highest BCUT2D eigenvalue weighted by molar-refractivity contribution is 7.99. The van der Waals surface area contributed by atoms with Gasteiger partial charge in [-0.3, -0.25) is 4.79 Å². The second-order valence-corrected chi connectivity index (χ2v) is 7.68. The lowest BCUT2D eigenvalue weighted by molar-refractivity contribution is -0.113. The van der Waals surface area contributed by atoms with E-state index < -0.39 is 0 Å². The molecule has 1 amide bonds. The van der Waals surface area contributed by atoms with Gasteiger partial charge in [-0.1, -0.05) is 11.8 Å². The van der Waals surface area contributed by atoms with E-state index in [1.165, 1.54) is 23.1 Å². The van der Waals surface area contributed by atoms with Crippen LogP contribution in [0.3, 0.4) is 0 Å². The number of thioether (sulfide) groups is 1. The number of nitrogens with zero attached hydrogens (tertiary/aromatic N) is 5. The van der Waals surface area contributed by atoms with Crippen molar-refractivity contribution in [2.45, 2.75) is 11.9 Å². The lowest BCUT2D eigenvalue weighted by Crippen LogP contribution is -2.14. The maximum Gasteiger partial charge on any atom is 0.236 e. The molecule has 0 radical (unpaired) electrons. The second kappa shape index (κ2) is 7.95. The van der Waals surface area contributed by atoms with Gasteiger partial charge in [0.15, 0.2) is 16.6 Å². The Labute approximate surface area is 169 Å². The molecule has 0 aliphatic carbocycles. The van der Waals surface area contributed by atoms with Crippen molar-refractivity contribution in [1.29, 1.82) is 0 Å². The maximum atomic E-state index is 12.1. The second-order valence-electron chi connectivity index (χ2n) is 5.82. The van der Waals surface area contributed by atoms with Crippen LogP contribution in [0.2, 0.25) is 0 Å². The minimum absolute atomic E-state index is 0.125. The largest absolute Gasteiger partial charge is 0.497 e. The molecule has 0 saturated heterocycles. The third-order valence-electron chi connectivity index (χ3n) is 3.80. The Morgan fingerprint density at radius 1 is 1.21 bits per heavy atom. The first-order valence-electron chi connectivity index (χ1n) is 8.34. The number of ether oxygens (including phenoxy) is 1. The van der Waals surface area contributed by atoms with Crippen LogP contribution in [0, 0.1) is 6.92 Å². The van der Waals surface area contributed by atoms with Gasteiger partial charge in [-0.15, -0.1) is 21.5 Å². The third-order valence-corrected chi connectivity index (χ3v) is 5.60. The number of amides is 1. The number of hydrogen-bond donors (Lipinski definition) is 1. The van der Waals surface area contributed by atoms with Gasteiger partial charge in [-0.05, 0) is 43.3 Å². The highest BCUT2D eigenvalue weighted by Crippen LogP contribution is 2.23. The zero-order valence-corrected chi connectivity index (χ0v) is 16.8. The topological polar surface area (TPSA) is 94.3 Å². The molecule has 8 nitrogen and oxygen atoms in total. The van der Waals surface area contributed by atoms with E-state index in [-0.39, 0.29) is 11.7 Å². The van der Waals surface area contributed by atoms with Crippen LogP contribution in [0.4, 0.5) is 5.13 Å². The van der Waals surface area contributed by atoms with E-state index in [9.17, 15) is 4.79 Å². The van der Waals surface area contributed by atoms with Gasteiger partial charge < -0.3 is 10.1 Å². The molecule has 0 aliphatic rings. The summed E-state index contributed by atoms with van der Waals surface area (Å²) in [5.74, 6) is 1.50. The van der Waals surface area contributed by atoms with E-state index in [0.29, 0.717) is 21.6 Å². The van der Waals surface area contributed by atoms with Crippen molar-refractivity contribution in [3.63, 3.8) is 0 Å². The van der Waals surface area contributed by atoms with Gasteiger partial charge in [-0.25, -0.2) is 4.98 Å². The Balaban J connectivity index is 1.49. The quantitative estimate of drug-likeness (QED) is 0.486. The average molecular weight is 413 g/mol. The highest BCUT2D eigenvalue weighted by Gasteiger charge is 2.12. The fraction of sp³-hybridized carbons (Fsp3) is 0.167. The van der Waals surface area contributed by atoms with Crippen molar-refractivity contribution in [1.82, 2.24) is 24.8 Å². The van der Waals surface area contributed by atoms with Crippen LogP contribution < -0.4 is 10.1 Å². The van der Waals surface area contributed by atoms with Gasteiger partial charge in [0.25, 0.3) is 0 Å². The van der Waals surface area contributed by atoms with E-state index in [2.05, 4.69) is 25.6 Å². The number of anilines is 1. The van der Waals surface area contributed by atoms with Crippen LogP contribution in [0.15, 0.2) is 46.8 Å². The first kappa shape index (κ1) is 18.4. The molecule has 0 bridgehead atoms. The standard InChI is InChI=1S/C18H16N6O2S2/c1-11-9-28-18(19-11)20-15(25)10-27-16-8-7-14-21-22-17(24(14)23-16)12-3-5-13(26-2)6-4-12/h3-9H,10H2,1-2H3,(H,19,20,25). The fourth-order valence-electron chi connectivity index (χ4n) is 2.48. The number of nitrogens with one attached hydrogen (secondary N) is 1. The number of benzene rings is 1. The normalized spacial score (nSPS) is 10.9. The van der Waals surface area contributed by atoms with Crippen molar-refractivity contribution in [2.24, 2.45) is 0 Å². The van der Waals surface area contributed by atoms with Gasteiger partial charge in [0.1, 0.15) is 10.8 Å². The summed E-state index contributed by atoms with van der Waals surface area (Å²) in [4.78, 5) is 16.4. The van der Waals surface area contributed by atoms with Crippen LogP contribution in [0.25, 0.3) is 17.0 Å².